The Kier molecular flexibility index (Phi) is 4.68. The number of aromatic nitrogens is 2. The summed E-state index contributed by atoms with van der Waals surface area (Å²) in [6.45, 7) is 2.60. The molecule has 2 N–H and O–H groups in total. The van der Waals surface area contributed by atoms with Crippen LogP contribution in [0, 0.1) is 18.3 Å². The Hall–Kier alpha value is -3.39. The SMILES string of the molecule is Cc1cc(NCc2ccccc2)nc(Nc2ccccc2C#N)n1. The first-order valence-electron chi connectivity index (χ1n) is 7.64. The van der Waals surface area contributed by atoms with Gasteiger partial charge in [0.25, 0.3) is 0 Å². The standard InChI is InChI=1S/C19H17N5/c1-14-11-18(21-13-15-7-3-2-4-8-15)24-19(22-14)23-17-10-6-5-9-16(17)12-20/h2-11H,13H2,1H3,(H2,21,22,23,24). The van der Waals surface area contributed by atoms with Gasteiger partial charge in [-0.25, -0.2) is 4.98 Å². The van der Waals surface area contributed by atoms with E-state index in [0.717, 1.165) is 11.5 Å². The zero-order chi connectivity index (χ0) is 16.8. The summed E-state index contributed by atoms with van der Waals surface area (Å²) in [5.74, 6) is 1.21. The fourth-order valence-electron chi connectivity index (χ4n) is 2.31. The van der Waals surface area contributed by atoms with Gasteiger partial charge in [-0.3, -0.25) is 0 Å². The van der Waals surface area contributed by atoms with Crippen molar-refractivity contribution in [3.8, 4) is 6.07 Å². The van der Waals surface area contributed by atoms with Gasteiger partial charge < -0.3 is 10.6 Å². The summed E-state index contributed by atoms with van der Waals surface area (Å²) in [5.41, 5.74) is 3.27. The highest BCUT2D eigenvalue weighted by Crippen LogP contribution is 2.19. The van der Waals surface area contributed by atoms with Crippen LogP contribution < -0.4 is 10.6 Å². The molecule has 0 spiro atoms. The quantitative estimate of drug-likeness (QED) is 0.744. The van der Waals surface area contributed by atoms with Crippen LogP contribution in [0.1, 0.15) is 16.8 Å². The van der Waals surface area contributed by atoms with Crippen molar-refractivity contribution in [1.29, 1.82) is 5.26 Å². The first-order chi connectivity index (χ1) is 11.7. The molecule has 1 aromatic heterocycles. The highest BCUT2D eigenvalue weighted by Gasteiger charge is 2.06. The summed E-state index contributed by atoms with van der Waals surface area (Å²) in [7, 11) is 0. The molecule has 0 radical (unpaired) electrons. The van der Waals surface area contributed by atoms with Gasteiger partial charge in [-0.15, -0.1) is 0 Å². The van der Waals surface area contributed by atoms with Gasteiger partial charge >= 0.3 is 0 Å². The Labute approximate surface area is 141 Å². The lowest BCUT2D eigenvalue weighted by Crippen LogP contribution is -2.06. The van der Waals surface area contributed by atoms with Gasteiger partial charge in [-0.05, 0) is 24.6 Å². The van der Waals surface area contributed by atoms with Gasteiger partial charge in [0.15, 0.2) is 0 Å². The number of nitriles is 1. The normalized spacial score (nSPS) is 10.0. The Morgan fingerprint density at radius 3 is 2.54 bits per heavy atom. The van der Waals surface area contributed by atoms with Crippen molar-refractivity contribution in [3.63, 3.8) is 0 Å². The zero-order valence-corrected chi connectivity index (χ0v) is 13.3. The molecule has 0 amide bonds. The minimum Gasteiger partial charge on any atom is -0.366 e. The zero-order valence-electron chi connectivity index (χ0n) is 13.3. The van der Waals surface area contributed by atoms with Gasteiger partial charge in [0.2, 0.25) is 5.95 Å². The molecule has 5 heteroatoms. The van der Waals surface area contributed by atoms with Crippen LogP contribution in [-0.2, 0) is 6.54 Å². The molecule has 0 fully saturated rings. The Bertz CT molecular complexity index is 868. The summed E-state index contributed by atoms with van der Waals surface area (Å²) in [4.78, 5) is 8.86. The van der Waals surface area contributed by atoms with Crippen molar-refractivity contribution in [2.75, 3.05) is 10.6 Å². The second-order valence-corrected chi connectivity index (χ2v) is 5.34. The summed E-state index contributed by atoms with van der Waals surface area (Å²) >= 11 is 0. The molecule has 0 atom stereocenters. The molecular formula is C19H17N5. The molecule has 5 nitrogen and oxygen atoms in total. The predicted molar refractivity (Wildman–Crippen MR) is 95.0 cm³/mol. The number of aryl methyl sites for hydroxylation is 1. The molecule has 0 saturated carbocycles. The molecule has 0 aliphatic heterocycles. The second kappa shape index (κ2) is 7.25. The molecule has 3 aromatic rings. The number of hydrogen-bond donors (Lipinski definition) is 2. The van der Waals surface area contributed by atoms with E-state index in [2.05, 4.69) is 38.8 Å². The minimum atomic E-state index is 0.466. The molecule has 1 heterocycles. The predicted octanol–water partition coefficient (Wildman–Crippen LogP) is 4.01. The van der Waals surface area contributed by atoms with E-state index in [1.54, 1.807) is 6.07 Å². The van der Waals surface area contributed by atoms with E-state index >= 15 is 0 Å². The molecular weight excluding hydrogens is 298 g/mol. The highest BCUT2D eigenvalue weighted by molar-refractivity contribution is 5.63. The highest BCUT2D eigenvalue weighted by atomic mass is 15.1. The van der Waals surface area contributed by atoms with E-state index < -0.39 is 0 Å². The van der Waals surface area contributed by atoms with Gasteiger partial charge in [0.1, 0.15) is 11.9 Å². The average molecular weight is 315 g/mol. The van der Waals surface area contributed by atoms with Crippen molar-refractivity contribution in [2.24, 2.45) is 0 Å². The number of benzene rings is 2. The van der Waals surface area contributed by atoms with Crippen LogP contribution in [0.5, 0.6) is 0 Å². The van der Waals surface area contributed by atoms with Gasteiger partial charge in [-0.2, -0.15) is 10.2 Å². The lowest BCUT2D eigenvalue weighted by Gasteiger charge is -2.10. The number of anilines is 3. The largest absolute Gasteiger partial charge is 0.366 e. The Morgan fingerprint density at radius 1 is 1.00 bits per heavy atom. The first kappa shape index (κ1) is 15.5. The summed E-state index contributed by atoms with van der Waals surface area (Å²) in [5, 5.41) is 15.6. The fourth-order valence-corrected chi connectivity index (χ4v) is 2.31. The molecule has 0 saturated heterocycles. The van der Waals surface area contributed by atoms with Crippen molar-refractivity contribution in [2.45, 2.75) is 13.5 Å². The molecule has 0 aliphatic carbocycles. The van der Waals surface area contributed by atoms with E-state index in [0.29, 0.717) is 23.7 Å². The van der Waals surface area contributed by atoms with Gasteiger partial charge in [0.05, 0.1) is 11.3 Å². The Balaban J connectivity index is 1.78. The smallest absolute Gasteiger partial charge is 0.229 e. The van der Waals surface area contributed by atoms with Crippen molar-refractivity contribution < 1.29 is 0 Å². The van der Waals surface area contributed by atoms with Gasteiger partial charge in [0, 0.05) is 18.3 Å². The number of hydrogen-bond acceptors (Lipinski definition) is 5. The molecule has 118 valence electrons. The van der Waals surface area contributed by atoms with Crippen LogP contribution in [0.15, 0.2) is 60.7 Å². The molecule has 0 aliphatic rings. The maximum Gasteiger partial charge on any atom is 0.229 e. The van der Waals surface area contributed by atoms with Crippen molar-refractivity contribution >= 4 is 17.5 Å². The number of para-hydroxylation sites is 1. The third kappa shape index (κ3) is 3.87. The first-order valence-corrected chi connectivity index (χ1v) is 7.64. The number of nitrogens with zero attached hydrogens (tertiary/aromatic N) is 3. The minimum absolute atomic E-state index is 0.466. The van der Waals surface area contributed by atoms with Crippen LogP contribution in [0.4, 0.5) is 17.5 Å². The van der Waals surface area contributed by atoms with Gasteiger partial charge in [-0.1, -0.05) is 42.5 Å². The lowest BCUT2D eigenvalue weighted by atomic mass is 10.2. The molecule has 2 aromatic carbocycles. The monoisotopic (exact) mass is 315 g/mol. The van der Waals surface area contributed by atoms with Crippen LogP contribution in [0.3, 0.4) is 0 Å². The Morgan fingerprint density at radius 2 is 1.75 bits per heavy atom. The van der Waals surface area contributed by atoms with E-state index in [1.807, 2.05) is 49.4 Å². The second-order valence-electron chi connectivity index (χ2n) is 5.34. The van der Waals surface area contributed by atoms with E-state index in [-0.39, 0.29) is 0 Å². The van der Waals surface area contributed by atoms with E-state index in [1.165, 1.54) is 5.56 Å². The van der Waals surface area contributed by atoms with Crippen LogP contribution >= 0.6 is 0 Å². The molecule has 0 unspecified atom stereocenters. The maximum atomic E-state index is 9.17. The summed E-state index contributed by atoms with van der Waals surface area (Å²) < 4.78 is 0. The topological polar surface area (TPSA) is 73.6 Å². The fraction of sp³-hybridized carbons (Fsp3) is 0.105. The summed E-state index contributed by atoms with van der Waals surface area (Å²) in [6, 6.07) is 21.5. The van der Waals surface area contributed by atoms with E-state index in [4.69, 9.17) is 0 Å². The number of nitrogens with one attached hydrogen (secondary N) is 2. The van der Waals surface area contributed by atoms with Crippen LogP contribution in [-0.4, -0.2) is 9.97 Å². The van der Waals surface area contributed by atoms with Crippen LogP contribution in [0.2, 0.25) is 0 Å². The number of rotatable bonds is 5. The van der Waals surface area contributed by atoms with Crippen molar-refractivity contribution in [3.05, 3.63) is 77.5 Å². The average Bonchev–Trinajstić information content (AvgIpc) is 2.61. The lowest BCUT2D eigenvalue weighted by molar-refractivity contribution is 1.06. The molecule has 3 rings (SSSR count). The van der Waals surface area contributed by atoms with E-state index in [9.17, 15) is 5.26 Å². The summed E-state index contributed by atoms with van der Waals surface area (Å²) in [6.07, 6.45) is 0. The van der Waals surface area contributed by atoms with Crippen molar-refractivity contribution in [1.82, 2.24) is 9.97 Å². The molecule has 24 heavy (non-hydrogen) atoms. The third-order valence-electron chi connectivity index (χ3n) is 3.46. The van der Waals surface area contributed by atoms with Crippen LogP contribution in [0.25, 0.3) is 0 Å². The molecule has 0 bridgehead atoms. The maximum absolute atomic E-state index is 9.17. The third-order valence-corrected chi connectivity index (χ3v) is 3.46.